The number of ether oxygens (including phenoxy) is 2. The van der Waals surface area contributed by atoms with Crippen molar-refractivity contribution in [1.82, 2.24) is 9.97 Å². The Morgan fingerprint density at radius 3 is 2.90 bits per heavy atom. The number of nitrogens with zero attached hydrogens (tertiary/aromatic N) is 2. The Bertz CT molecular complexity index is 742. The Balaban J connectivity index is 2.00. The van der Waals surface area contributed by atoms with Gasteiger partial charge in [0, 0.05) is 0 Å². The molecule has 0 saturated carbocycles. The summed E-state index contributed by atoms with van der Waals surface area (Å²) in [6, 6.07) is 7.19. The molecule has 0 fully saturated rings. The average Bonchev–Trinajstić information content (AvgIpc) is 2.97. The minimum Gasteiger partial charge on any atom is -0.493 e. The smallest absolute Gasteiger partial charge is 0.231 e. The van der Waals surface area contributed by atoms with Gasteiger partial charge in [-0.15, -0.1) is 11.3 Å². The van der Waals surface area contributed by atoms with E-state index >= 15 is 0 Å². The highest BCUT2D eigenvalue weighted by Crippen LogP contribution is 2.35. The molecule has 102 valence electrons. The number of rotatable bonds is 4. The van der Waals surface area contributed by atoms with Crippen LogP contribution in [0.15, 0.2) is 36.0 Å². The number of aliphatic hydroxyl groups excluding tert-OH is 1. The maximum atomic E-state index is 9.14. The van der Waals surface area contributed by atoms with Crippen LogP contribution in [0.1, 0.15) is 5.56 Å². The second-order valence-electron chi connectivity index (χ2n) is 4.06. The van der Waals surface area contributed by atoms with Crippen LogP contribution in [0.5, 0.6) is 17.4 Å². The summed E-state index contributed by atoms with van der Waals surface area (Å²) >= 11 is 1.53. The van der Waals surface area contributed by atoms with Gasteiger partial charge < -0.3 is 14.6 Å². The number of methoxy groups -OCH3 is 1. The van der Waals surface area contributed by atoms with Crippen molar-refractivity contribution in [3.05, 3.63) is 41.5 Å². The maximum Gasteiger partial charge on any atom is 0.231 e. The summed E-state index contributed by atoms with van der Waals surface area (Å²) in [5.74, 6) is 1.60. The fourth-order valence-corrected chi connectivity index (χ4v) is 2.57. The van der Waals surface area contributed by atoms with Gasteiger partial charge in [0.2, 0.25) is 5.88 Å². The van der Waals surface area contributed by atoms with Gasteiger partial charge in [0.15, 0.2) is 11.5 Å². The number of thiophene rings is 1. The summed E-state index contributed by atoms with van der Waals surface area (Å²) < 4.78 is 11.1. The molecule has 0 spiro atoms. The van der Waals surface area contributed by atoms with Crippen molar-refractivity contribution in [2.75, 3.05) is 7.11 Å². The Morgan fingerprint density at radius 1 is 1.20 bits per heavy atom. The number of hydrogen-bond acceptors (Lipinski definition) is 6. The van der Waals surface area contributed by atoms with Crippen LogP contribution in [0, 0.1) is 0 Å². The van der Waals surface area contributed by atoms with Crippen LogP contribution in [0.2, 0.25) is 0 Å². The third-order valence-electron chi connectivity index (χ3n) is 2.84. The van der Waals surface area contributed by atoms with Crippen molar-refractivity contribution in [3.8, 4) is 17.4 Å². The van der Waals surface area contributed by atoms with Crippen LogP contribution in [0.25, 0.3) is 10.2 Å². The molecule has 5 nitrogen and oxygen atoms in total. The van der Waals surface area contributed by atoms with Crippen molar-refractivity contribution in [2.45, 2.75) is 6.61 Å². The van der Waals surface area contributed by atoms with Gasteiger partial charge >= 0.3 is 0 Å². The van der Waals surface area contributed by atoms with Gasteiger partial charge in [0.25, 0.3) is 0 Å². The molecule has 0 saturated heterocycles. The largest absolute Gasteiger partial charge is 0.493 e. The lowest BCUT2D eigenvalue weighted by Crippen LogP contribution is -1.94. The zero-order valence-corrected chi connectivity index (χ0v) is 11.6. The predicted octanol–water partition coefficient (Wildman–Crippen LogP) is 2.98. The number of hydrogen-bond donors (Lipinski definition) is 1. The number of fused-ring (bicyclic) bond motifs is 1. The molecule has 3 rings (SSSR count). The van der Waals surface area contributed by atoms with Gasteiger partial charge in [0.1, 0.15) is 11.2 Å². The quantitative estimate of drug-likeness (QED) is 0.799. The first-order valence-electron chi connectivity index (χ1n) is 5.95. The van der Waals surface area contributed by atoms with Gasteiger partial charge in [-0.05, 0) is 29.1 Å². The van der Waals surface area contributed by atoms with Gasteiger partial charge in [-0.1, -0.05) is 6.07 Å². The van der Waals surface area contributed by atoms with Crippen molar-refractivity contribution in [2.24, 2.45) is 0 Å². The van der Waals surface area contributed by atoms with E-state index in [9.17, 15) is 0 Å². The fourth-order valence-electron chi connectivity index (χ4n) is 1.85. The summed E-state index contributed by atoms with van der Waals surface area (Å²) in [5, 5.41) is 11.9. The van der Waals surface area contributed by atoms with Crippen molar-refractivity contribution in [1.29, 1.82) is 0 Å². The first kappa shape index (κ1) is 12.8. The lowest BCUT2D eigenvalue weighted by molar-refractivity contribution is 0.280. The van der Waals surface area contributed by atoms with Crippen LogP contribution in [0.3, 0.4) is 0 Å². The summed E-state index contributed by atoms with van der Waals surface area (Å²) in [6.07, 6.45) is 1.47. The molecule has 0 aliphatic heterocycles. The van der Waals surface area contributed by atoms with E-state index in [1.807, 2.05) is 11.4 Å². The molecule has 0 unspecified atom stereocenters. The fraction of sp³-hybridized carbons (Fsp3) is 0.143. The summed E-state index contributed by atoms with van der Waals surface area (Å²) in [7, 11) is 1.56. The molecule has 6 heteroatoms. The summed E-state index contributed by atoms with van der Waals surface area (Å²) in [6.45, 7) is -0.0427. The van der Waals surface area contributed by atoms with Gasteiger partial charge in [-0.3, -0.25) is 0 Å². The lowest BCUT2D eigenvalue weighted by atomic mass is 10.2. The monoisotopic (exact) mass is 288 g/mol. The molecular formula is C14H12N2O3S. The molecule has 0 aliphatic carbocycles. The lowest BCUT2D eigenvalue weighted by Gasteiger charge is -2.11. The second kappa shape index (κ2) is 5.44. The Kier molecular flexibility index (Phi) is 3.49. The molecule has 1 N–H and O–H groups in total. The number of aromatic nitrogens is 2. The highest BCUT2D eigenvalue weighted by molar-refractivity contribution is 7.16. The minimum atomic E-state index is -0.0427. The SMILES string of the molecule is COc1cc(CO)ccc1Oc1ncnc2sccc12. The van der Waals surface area contributed by atoms with Crippen LogP contribution in [-0.4, -0.2) is 22.2 Å². The van der Waals surface area contributed by atoms with Gasteiger partial charge in [0.05, 0.1) is 19.1 Å². The van der Waals surface area contributed by atoms with E-state index in [1.165, 1.54) is 17.7 Å². The van der Waals surface area contributed by atoms with E-state index in [4.69, 9.17) is 14.6 Å². The molecule has 2 aromatic heterocycles. The molecule has 2 heterocycles. The van der Waals surface area contributed by atoms with E-state index in [0.717, 1.165) is 15.8 Å². The molecular weight excluding hydrogens is 276 g/mol. The summed E-state index contributed by atoms with van der Waals surface area (Å²) in [5.41, 5.74) is 0.762. The predicted molar refractivity (Wildman–Crippen MR) is 76.4 cm³/mol. The first-order chi connectivity index (χ1) is 9.81. The van der Waals surface area contributed by atoms with E-state index in [0.29, 0.717) is 17.4 Å². The maximum absolute atomic E-state index is 9.14. The van der Waals surface area contributed by atoms with E-state index in [2.05, 4.69) is 9.97 Å². The summed E-state index contributed by atoms with van der Waals surface area (Å²) in [4.78, 5) is 9.21. The number of aliphatic hydroxyl groups is 1. The topological polar surface area (TPSA) is 64.5 Å². The third kappa shape index (κ3) is 2.31. The van der Waals surface area contributed by atoms with Crippen LogP contribution < -0.4 is 9.47 Å². The normalized spacial score (nSPS) is 10.7. The highest BCUT2D eigenvalue weighted by atomic mass is 32.1. The van der Waals surface area contributed by atoms with E-state index in [1.54, 1.807) is 25.3 Å². The molecule has 0 radical (unpaired) electrons. The molecule has 3 aromatic rings. The van der Waals surface area contributed by atoms with Gasteiger partial charge in [-0.2, -0.15) is 0 Å². The molecule has 0 atom stereocenters. The zero-order valence-electron chi connectivity index (χ0n) is 10.7. The first-order valence-corrected chi connectivity index (χ1v) is 6.83. The van der Waals surface area contributed by atoms with Crippen LogP contribution in [0.4, 0.5) is 0 Å². The number of benzene rings is 1. The molecule has 0 bridgehead atoms. The van der Waals surface area contributed by atoms with Crippen LogP contribution in [-0.2, 0) is 6.61 Å². The minimum absolute atomic E-state index is 0.0427. The average molecular weight is 288 g/mol. The zero-order chi connectivity index (χ0) is 13.9. The van der Waals surface area contributed by atoms with E-state index < -0.39 is 0 Å². The Hall–Kier alpha value is -2.18. The van der Waals surface area contributed by atoms with Crippen molar-refractivity contribution < 1.29 is 14.6 Å². The van der Waals surface area contributed by atoms with E-state index in [-0.39, 0.29) is 6.61 Å². The van der Waals surface area contributed by atoms with Crippen molar-refractivity contribution >= 4 is 21.6 Å². The standard InChI is InChI=1S/C14H12N2O3S/c1-18-12-6-9(7-17)2-3-11(12)19-13-10-4-5-20-14(10)16-8-15-13/h2-6,8,17H,7H2,1H3. The third-order valence-corrected chi connectivity index (χ3v) is 3.66. The molecule has 0 aliphatic rings. The molecule has 0 amide bonds. The Morgan fingerprint density at radius 2 is 2.10 bits per heavy atom. The molecule has 20 heavy (non-hydrogen) atoms. The Labute approximate surface area is 119 Å². The van der Waals surface area contributed by atoms with Crippen LogP contribution >= 0.6 is 11.3 Å². The molecule has 1 aromatic carbocycles. The second-order valence-corrected chi connectivity index (χ2v) is 4.96. The van der Waals surface area contributed by atoms with Gasteiger partial charge in [-0.25, -0.2) is 9.97 Å². The van der Waals surface area contributed by atoms with Crippen molar-refractivity contribution in [3.63, 3.8) is 0 Å². The highest BCUT2D eigenvalue weighted by Gasteiger charge is 2.11.